The molecule has 2 nitrogen and oxygen atoms in total. The molecule has 0 bridgehead atoms. The molecule has 0 N–H and O–H groups in total. The molecule has 3 heterocycles. The van der Waals surface area contributed by atoms with E-state index in [-0.39, 0.29) is 46.1 Å². The Labute approximate surface area is 285 Å². The van der Waals surface area contributed by atoms with E-state index in [1.165, 1.54) is 0 Å². The molecular formula is C44H28N2S. The fourth-order valence-electron chi connectivity index (χ4n) is 6.32. The molecule has 0 saturated heterocycles. The Morgan fingerprint density at radius 2 is 1.02 bits per heavy atom. The van der Waals surface area contributed by atoms with Crippen LogP contribution < -0.4 is 0 Å². The van der Waals surface area contributed by atoms with Crippen molar-refractivity contribution < 1.29 is 8.22 Å². The summed E-state index contributed by atoms with van der Waals surface area (Å²) < 4.78 is 56.0. The summed E-state index contributed by atoms with van der Waals surface area (Å²) in [6.07, 6.45) is 1.70. The van der Waals surface area contributed by atoms with Gasteiger partial charge in [-0.05, 0) is 45.2 Å². The lowest BCUT2D eigenvalue weighted by molar-refractivity contribution is 1.37. The van der Waals surface area contributed by atoms with Gasteiger partial charge in [-0.1, -0.05) is 152 Å². The highest BCUT2D eigenvalue weighted by Crippen LogP contribution is 2.53. The number of fused-ring (bicyclic) bond motifs is 4. The Balaban J connectivity index is 1.47. The van der Waals surface area contributed by atoms with Crippen molar-refractivity contribution in [3.8, 4) is 54.4 Å². The van der Waals surface area contributed by atoms with Gasteiger partial charge in [0.05, 0.1) is 25.0 Å². The first-order valence-electron chi connectivity index (χ1n) is 18.3. The van der Waals surface area contributed by atoms with Crippen LogP contribution in [0.4, 0.5) is 0 Å². The number of thiophene rings is 1. The van der Waals surface area contributed by atoms with E-state index in [9.17, 15) is 5.48 Å². The van der Waals surface area contributed by atoms with Crippen molar-refractivity contribution in [1.29, 1.82) is 0 Å². The van der Waals surface area contributed by atoms with Gasteiger partial charge in [0.25, 0.3) is 0 Å². The maximum Gasteiger partial charge on any atom is 0.0972 e. The molecule has 0 fully saturated rings. The molecule has 9 rings (SSSR count). The van der Waals surface area contributed by atoms with E-state index in [2.05, 4.69) is 4.98 Å². The van der Waals surface area contributed by atoms with E-state index in [0.717, 1.165) is 42.8 Å². The van der Waals surface area contributed by atoms with Crippen LogP contribution in [0.2, 0.25) is 0 Å². The second kappa shape index (κ2) is 11.5. The number of aromatic nitrogens is 2. The average molecular weight is 623 g/mol. The Morgan fingerprint density at radius 3 is 1.70 bits per heavy atom. The topological polar surface area (TPSA) is 25.8 Å². The lowest BCUT2D eigenvalue weighted by Crippen LogP contribution is -1.92. The molecule has 0 saturated carbocycles. The first-order chi connectivity index (χ1) is 25.8. The Hall–Kier alpha value is -5.90. The van der Waals surface area contributed by atoms with E-state index in [0.29, 0.717) is 22.3 Å². The summed E-state index contributed by atoms with van der Waals surface area (Å²) in [4.78, 5) is 11.4. The van der Waals surface area contributed by atoms with Gasteiger partial charge in [-0.15, -0.1) is 11.3 Å². The van der Waals surface area contributed by atoms with Gasteiger partial charge in [-0.25, -0.2) is 4.98 Å². The SMILES string of the molecule is [2H]c1c([2H])c([2H])c2c(-c3c(-c4ccccc4)sc(-c4ccccc4)c3-c3ccccc3)c([2H])c([2H])c(-c3ccc4ccc5cccnc5c4n3)c2c1[2H]. The maximum absolute atomic E-state index is 9.85. The van der Waals surface area contributed by atoms with Gasteiger partial charge in [-0.3, -0.25) is 4.98 Å². The van der Waals surface area contributed by atoms with Crippen molar-refractivity contribution >= 4 is 43.9 Å². The Bertz CT molecular complexity index is 2890. The van der Waals surface area contributed by atoms with E-state index < -0.39 is 12.1 Å². The van der Waals surface area contributed by atoms with Crippen molar-refractivity contribution in [2.24, 2.45) is 0 Å². The molecule has 0 spiro atoms. The molecule has 9 aromatic rings. The minimum absolute atomic E-state index is 0.150. The third kappa shape index (κ3) is 4.72. The van der Waals surface area contributed by atoms with Crippen LogP contribution in [0.3, 0.4) is 0 Å². The van der Waals surface area contributed by atoms with Gasteiger partial charge in [0, 0.05) is 43.4 Å². The standard InChI is InChI=1S/C44H28N2S/c1-4-13-29(14-5-1)39-40(44(33-17-8-3-9-18-33)47-43(39)32-15-6-2-7-16-32)37-26-25-36(34-20-10-11-21-35(34)37)38-27-24-31-23-22-30-19-12-28-45-41(30)42(31)46-38/h1-28H/i10D,11D,20D,21D,25D,26D. The quantitative estimate of drug-likeness (QED) is 0.178. The number of pyridine rings is 2. The zero-order valence-electron chi connectivity index (χ0n) is 31.0. The van der Waals surface area contributed by atoms with E-state index in [4.69, 9.17) is 7.73 Å². The second-order valence-corrected chi connectivity index (χ2v) is 12.3. The van der Waals surface area contributed by atoms with Crippen LogP contribution >= 0.6 is 11.3 Å². The predicted octanol–water partition coefficient (Wildman–Crippen LogP) is 12.3. The highest BCUT2D eigenvalue weighted by Gasteiger charge is 2.25. The number of hydrogen-bond acceptors (Lipinski definition) is 3. The van der Waals surface area contributed by atoms with Crippen LogP contribution in [0.1, 0.15) is 8.22 Å². The molecule has 47 heavy (non-hydrogen) atoms. The van der Waals surface area contributed by atoms with Crippen molar-refractivity contribution in [1.82, 2.24) is 9.97 Å². The van der Waals surface area contributed by atoms with E-state index in [1.54, 1.807) is 23.6 Å². The molecule has 0 aliphatic heterocycles. The monoisotopic (exact) mass is 622 g/mol. The first-order valence-corrected chi connectivity index (χ1v) is 16.2. The molecule has 3 heteroatoms. The summed E-state index contributed by atoms with van der Waals surface area (Å²) in [6.45, 7) is 0. The molecule has 220 valence electrons. The molecule has 0 unspecified atom stereocenters. The molecule has 0 amide bonds. The molecule has 0 aliphatic rings. The molecule has 3 aromatic heterocycles. The van der Waals surface area contributed by atoms with Crippen LogP contribution in [0.15, 0.2) is 170 Å². The van der Waals surface area contributed by atoms with Crippen LogP contribution in [0, 0.1) is 0 Å². The number of hydrogen-bond donors (Lipinski definition) is 0. The zero-order chi connectivity index (χ0) is 36.4. The normalized spacial score (nSPS) is 13.2. The zero-order valence-corrected chi connectivity index (χ0v) is 25.8. The fourth-order valence-corrected chi connectivity index (χ4v) is 7.66. The molecule has 6 aromatic carbocycles. The molecule has 0 atom stereocenters. The summed E-state index contributed by atoms with van der Waals surface area (Å²) in [7, 11) is 0. The smallest absolute Gasteiger partial charge is 0.0972 e. The molecule has 0 aliphatic carbocycles. The predicted molar refractivity (Wildman–Crippen MR) is 200 cm³/mol. The van der Waals surface area contributed by atoms with Crippen LogP contribution in [-0.2, 0) is 0 Å². The van der Waals surface area contributed by atoms with Gasteiger partial charge in [0.1, 0.15) is 0 Å². The summed E-state index contributed by atoms with van der Waals surface area (Å²) in [6, 6.07) is 39.5. The second-order valence-electron chi connectivity index (χ2n) is 11.3. The fraction of sp³-hybridized carbons (Fsp3) is 0. The summed E-state index contributed by atoms with van der Waals surface area (Å²) in [5.74, 6) is 0. The largest absolute Gasteiger partial charge is 0.254 e. The number of nitrogens with zero attached hydrogens (tertiary/aromatic N) is 2. The lowest BCUT2D eigenvalue weighted by Gasteiger charge is -2.16. The highest BCUT2D eigenvalue weighted by atomic mass is 32.1. The van der Waals surface area contributed by atoms with Crippen molar-refractivity contribution in [3.63, 3.8) is 0 Å². The van der Waals surface area contributed by atoms with Gasteiger partial charge >= 0.3 is 0 Å². The third-order valence-corrected chi connectivity index (χ3v) is 9.77. The Kier molecular flexibility index (Phi) is 5.31. The van der Waals surface area contributed by atoms with Gasteiger partial charge in [0.15, 0.2) is 0 Å². The average Bonchev–Trinajstić information content (AvgIpc) is 3.61. The molecular weight excluding hydrogens is 589 g/mol. The van der Waals surface area contributed by atoms with Gasteiger partial charge in [0.2, 0.25) is 0 Å². The van der Waals surface area contributed by atoms with Crippen molar-refractivity contribution in [2.45, 2.75) is 0 Å². The lowest BCUT2D eigenvalue weighted by atomic mass is 9.87. The first kappa shape index (κ1) is 21.8. The van der Waals surface area contributed by atoms with E-state index in [1.807, 2.05) is 121 Å². The van der Waals surface area contributed by atoms with Crippen LogP contribution in [0.5, 0.6) is 0 Å². The Morgan fingerprint density at radius 1 is 0.468 bits per heavy atom. The highest BCUT2D eigenvalue weighted by molar-refractivity contribution is 7.20. The van der Waals surface area contributed by atoms with Gasteiger partial charge in [-0.2, -0.15) is 0 Å². The van der Waals surface area contributed by atoms with Gasteiger partial charge < -0.3 is 0 Å². The van der Waals surface area contributed by atoms with E-state index >= 15 is 0 Å². The minimum atomic E-state index is -0.415. The van der Waals surface area contributed by atoms with Crippen LogP contribution in [-0.4, -0.2) is 9.97 Å². The third-order valence-electron chi connectivity index (χ3n) is 8.48. The van der Waals surface area contributed by atoms with Crippen molar-refractivity contribution in [3.05, 3.63) is 170 Å². The summed E-state index contributed by atoms with van der Waals surface area (Å²) in [5, 5.41) is 2.06. The van der Waals surface area contributed by atoms with Crippen LogP contribution in [0.25, 0.3) is 87.0 Å². The summed E-state index contributed by atoms with van der Waals surface area (Å²) in [5.41, 5.74) is 6.31. The molecule has 0 radical (unpaired) electrons. The maximum atomic E-state index is 9.85. The minimum Gasteiger partial charge on any atom is -0.254 e. The summed E-state index contributed by atoms with van der Waals surface area (Å²) >= 11 is 1.57. The van der Waals surface area contributed by atoms with Crippen molar-refractivity contribution in [2.75, 3.05) is 0 Å². The number of rotatable bonds is 5. The number of benzene rings is 6.